The van der Waals surface area contributed by atoms with Crippen molar-refractivity contribution >= 4 is 29.1 Å². The Labute approximate surface area is 138 Å². The predicted molar refractivity (Wildman–Crippen MR) is 87.8 cm³/mol. The number of hydrogen-bond acceptors (Lipinski definition) is 2. The van der Waals surface area contributed by atoms with Crippen LogP contribution in [0.25, 0.3) is 0 Å². The molecular formula is C17H16ClFN2O2. The number of carbonyl (C=O) groups is 2. The molecule has 0 aliphatic rings. The molecule has 0 fully saturated rings. The Morgan fingerprint density at radius 1 is 1.09 bits per heavy atom. The van der Waals surface area contributed by atoms with E-state index in [1.54, 1.807) is 0 Å². The number of amides is 2. The fourth-order valence-electron chi connectivity index (χ4n) is 2.07. The van der Waals surface area contributed by atoms with Crippen LogP contribution in [0.4, 0.5) is 10.1 Å². The van der Waals surface area contributed by atoms with Gasteiger partial charge in [0.15, 0.2) is 0 Å². The Balaban J connectivity index is 1.96. The van der Waals surface area contributed by atoms with E-state index in [4.69, 9.17) is 11.6 Å². The highest BCUT2D eigenvalue weighted by Crippen LogP contribution is 2.18. The third kappa shape index (κ3) is 4.53. The molecule has 0 bridgehead atoms. The van der Waals surface area contributed by atoms with E-state index in [9.17, 15) is 14.0 Å². The van der Waals surface area contributed by atoms with Crippen molar-refractivity contribution in [3.63, 3.8) is 0 Å². The summed E-state index contributed by atoms with van der Waals surface area (Å²) in [7, 11) is 0. The van der Waals surface area contributed by atoms with E-state index in [0.29, 0.717) is 0 Å². The maximum absolute atomic E-state index is 13.6. The molecule has 0 atom stereocenters. The van der Waals surface area contributed by atoms with Gasteiger partial charge in [0.1, 0.15) is 5.82 Å². The first-order valence-electron chi connectivity index (χ1n) is 6.97. The molecule has 2 amide bonds. The summed E-state index contributed by atoms with van der Waals surface area (Å²) in [5.41, 5.74) is 2.96. The molecule has 0 aliphatic heterocycles. The van der Waals surface area contributed by atoms with Crippen molar-refractivity contribution in [2.45, 2.75) is 20.4 Å². The first-order valence-corrected chi connectivity index (χ1v) is 7.35. The summed E-state index contributed by atoms with van der Waals surface area (Å²) in [6.07, 6.45) is 0. The van der Waals surface area contributed by atoms with Crippen LogP contribution in [-0.2, 0) is 16.1 Å². The molecule has 0 aromatic heterocycles. The van der Waals surface area contributed by atoms with Crippen molar-refractivity contribution < 1.29 is 14.0 Å². The number of nitrogens with one attached hydrogen (secondary N) is 2. The number of benzene rings is 2. The molecule has 0 spiro atoms. The van der Waals surface area contributed by atoms with Gasteiger partial charge in [0, 0.05) is 11.6 Å². The Bertz CT molecular complexity index is 762. The van der Waals surface area contributed by atoms with Crippen LogP contribution in [0.2, 0.25) is 5.02 Å². The number of rotatable bonds is 3. The number of halogens is 2. The van der Waals surface area contributed by atoms with Gasteiger partial charge < -0.3 is 10.6 Å². The largest absolute Gasteiger partial charge is 0.344 e. The molecule has 23 heavy (non-hydrogen) atoms. The molecule has 2 rings (SSSR count). The quantitative estimate of drug-likeness (QED) is 0.846. The number of hydrogen-bond donors (Lipinski definition) is 2. The van der Waals surface area contributed by atoms with E-state index in [1.165, 1.54) is 12.1 Å². The molecule has 0 heterocycles. The van der Waals surface area contributed by atoms with Crippen LogP contribution < -0.4 is 10.6 Å². The van der Waals surface area contributed by atoms with Crippen molar-refractivity contribution in [2.75, 3.05) is 5.32 Å². The Hall–Kier alpha value is -2.40. The van der Waals surface area contributed by atoms with Crippen LogP contribution in [-0.4, -0.2) is 11.8 Å². The first-order chi connectivity index (χ1) is 10.9. The van der Waals surface area contributed by atoms with E-state index in [0.717, 1.165) is 22.8 Å². The van der Waals surface area contributed by atoms with Crippen LogP contribution >= 0.6 is 11.6 Å². The molecule has 120 valence electrons. The van der Waals surface area contributed by atoms with E-state index in [2.05, 4.69) is 10.6 Å². The van der Waals surface area contributed by atoms with Gasteiger partial charge in [0.05, 0.1) is 5.69 Å². The average molecular weight is 335 g/mol. The summed E-state index contributed by atoms with van der Waals surface area (Å²) < 4.78 is 13.6. The number of aryl methyl sites for hydroxylation is 2. The van der Waals surface area contributed by atoms with Crippen molar-refractivity contribution in [3.05, 3.63) is 63.9 Å². The van der Waals surface area contributed by atoms with Crippen LogP contribution in [0.3, 0.4) is 0 Å². The van der Waals surface area contributed by atoms with Crippen LogP contribution in [0.5, 0.6) is 0 Å². The molecule has 2 N–H and O–H groups in total. The Morgan fingerprint density at radius 3 is 2.48 bits per heavy atom. The second-order valence-electron chi connectivity index (χ2n) is 5.19. The van der Waals surface area contributed by atoms with E-state index in [1.807, 2.05) is 32.0 Å². The third-order valence-corrected chi connectivity index (χ3v) is 3.56. The highest BCUT2D eigenvalue weighted by atomic mass is 35.5. The summed E-state index contributed by atoms with van der Waals surface area (Å²) in [5, 5.41) is 4.93. The lowest BCUT2D eigenvalue weighted by molar-refractivity contribution is -0.136. The van der Waals surface area contributed by atoms with Crippen molar-refractivity contribution in [2.24, 2.45) is 0 Å². The van der Waals surface area contributed by atoms with E-state index >= 15 is 0 Å². The maximum Gasteiger partial charge on any atom is 0.313 e. The van der Waals surface area contributed by atoms with Gasteiger partial charge in [0.25, 0.3) is 0 Å². The summed E-state index contributed by atoms with van der Waals surface area (Å²) in [6.45, 7) is 4.13. The van der Waals surface area contributed by atoms with Crippen molar-refractivity contribution in [1.82, 2.24) is 5.32 Å². The first kappa shape index (κ1) is 17.0. The second kappa shape index (κ2) is 7.24. The molecule has 0 aliphatic carbocycles. The molecule has 0 saturated carbocycles. The molecule has 6 heteroatoms. The Morgan fingerprint density at radius 2 is 1.83 bits per heavy atom. The minimum Gasteiger partial charge on any atom is -0.344 e. The van der Waals surface area contributed by atoms with Gasteiger partial charge in [-0.3, -0.25) is 9.59 Å². The lowest BCUT2D eigenvalue weighted by atomic mass is 10.1. The van der Waals surface area contributed by atoms with Gasteiger partial charge in [0.2, 0.25) is 0 Å². The summed E-state index contributed by atoms with van der Waals surface area (Å²) >= 11 is 5.63. The van der Waals surface area contributed by atoms with Crippen molar-refractivity contribution in [3.8, 4) is 0 Å². The van der Waals surface area contributed by atoms with Gasteiger partial charge in [-0.05, 0) is 43.2 Å². The molecule has 0 unspecified atom stereocenters. The summed E-state index contributed by atoms with van der Waals surface area (Å²) in [4.78, 5) is 23.6. The molecule has 0 radical (unpaired) electrons. The fourth-order valence-corrected chi connectivity index (χ4v) is 2.23. The lowest BCUT2D eigenvalue weighted by Gasteiger charge is -2.09. The smallest absolute Gasteiger partial charge is 0.313 e. The summed E-state index contributed by atoms with van der Waals surface area (Å²) in [5.74, 6) is -2.47. The minimum absolute atomic E-state index is 0.0962. The second-order valence-corrected chi connectivity index (χ2v) is 5.63. The molecule has 2 aromatic carbocycles. The van der Waals surface area contributed by atoms with E-state index in [-0.39, 0.29) is 17.3 Å². The molecular weight excluding hydrogens is 319 g/mol. The summed E-state index contributed by atoms with van der Waals surface area (Å²) in [6, 6.07) is 9.59. The lowest BCUT2D eigenvalue weighted by Crippen LogP contribution is -2.35. The zero-order valence-corrected chi connectivity index (χ0v) is 13.5. The zero-order chi connectivity index (χ0) is 17.0. The topological polar surface area (TPSA) is 58.2 Å². The maximum atomic E-state index is 13.6. The van der Waals surface area contributed by atoms with Gasteiger partial charge in [-0.2, -0.15) is 0 Å². The number of anilines is 1. The highest BCUT2D eigenvalue weighted by Gasteiger charge is 2.15. The minimum atomic E-state index is -0.934. The van der Waals surface area contributed by atoms with Crippen molar-refractivity contribution in [1.29, 1.82) is 0 Å². The Kier molecular flexibility index (Phi) is 5.34. The highest BCUT2D eigenvalue weighted by molar-refractivity contribution is 6.39. The van der Waals surface area contributed by atoms with Gasteiger partial charge >= 0.3 is 11.8 Å². The average Bonchev–Trinajstić information content (AvgIpc) is 2.48. The number of carbonyl (C=O) groups excluding carboxylic acids is 2. The third-order valence-electron chi connectivity index (χ3n) is 3.32. The zero-order valence-electron chi connectivity index (χ0n) is 12.7. The molecule has 4 nitrogen and oxygen atoms in total. The molecule has 2 aromatic rings. The van der Waals surface area contributed by atoms with E-state index < -0.39 is 17.6 Å². The van der Waals surface area contributed by atoms with Crippen LogP contribution in [0.15, 0.2) is 36.4 Å². The van der Waals surface area contributed by atoms with Gasteiger partial charge in [-0.15, -0.1) is 0 Å². The van der Waals surface area contributed by atoms with Gasteiger partial charge in [-0.1, -0.05) is 35.4 Å². The molecule has 0 saturated heterocycles. The predicted octanol–water partition coefficient (Wildman–Crippen LogP) is 3.35. The monoisotopic (exact) mass is 334 g/mol. The normalized spacial score (nSPS) is 10.3. The van der Waals surface area contributed by atoms with Gasteiger partial charge in [-0.25, -0.2) is 4.39 Å². The van der Waals surface area contributed by atoms with Crippen LogP contribution in [0, 0.1) is 19.7 Å². The van der Waals surface area contributed by atoms with Crippen LogP contribution in [0.1, 0.15) is 16.7 Å². The standard InChI is InChI=1S/C17H16ClFN2O2/c1-10-3-4-12(11(2)7-10)9-20-16(22)17(23)21-15-6-5-13(18)8-14(15)19/h3-8H,9H2,1-2H3,(H,20,22)(H,21,23). The fraction of sp³-hybridized carbons (Fsp3) is 0.176. The SMILES string of the molecule is Cc1ccc(CNC(=O)C(=O)Nc2ccc(Cl)cc2F)c(C)c1.